The van der Waals surface area contributed by atoms with Gasteiger partial charge in [-0.3, -0.25) is 4.79 Å². The second-order valence-electron chi connectivity index (χ2n) is 6.45. The van der Waals surface area contributed by atoms with E-state index in [0.717, 1.165) is 12.8 Å². The van der Waals surface area contributed by atoms with Gasteiger partial charge >= 0.3 is 12.0 Å². The van der Waals surface area contributed by atoms with E-state index in [1.807, 2.05) is 13.8 Å². The van der Waals surface area contributed by atoms with Crippen molar-refractivity contribution >= 4 is 23.6 Å². The lowest BCUT2D eigenvalue weighted by Gasteiger charge is -2.16. The van der Waals surface area contributed by atoms with Crippen LogP contribution in [0, 0.1) is 5.92 Å². The lowest BCUT2D eigenvalue weighted by molar-refractivity contribution is -0.139. The first-order chi connectivity index (χ1) is 11.3. The van der Waals surface area contributed by atoms with Crippen molar-refractivity contribution in [3.63, 3.8) is 0 Å². The third-order valence-electron chi connectivity index (χ3n) is 3.61. The van der Waals surface area contributed by atoms with Crippen LogP contribution in [0.5, 0.6) is 0 Å². The van der Waals surface area contributed by atoms with Crippen LogP contribution in [-0.4, -0.2) is 35.1 Å². The van der Waals surface area contributed by atoms with Crippen LogP contribution in [0.15, 0.2) is 24.3 Å². The topological polar surface area (TPSA) is 108 Å². The fourth-order valence-corrected chi connectivity index (χ4v) is 2.25. The molecule has 3 amide bonds. The molecule has 1 unspecified atom stereocenters. The van der Waals surface area contributed by atoms with Crippen molar-refractivity contribution in [3.05, 3.63) is 29.8 Å². The van der Waals surface area contributed by atoms with Crippen LogP contribution in [0.25, 0.3) is 0 Å². The monoisotopic (exact) mass is 333 g/mol. The maximum Gasteiger partial charge on any atom is 0.326 e. The number of urea groups is 1. The minimum Gasteiger partial charge on any atom is -0.480 e. The summed E-state index contributed by atoms with van der Waals surface area (Å²) in [5, 5.41) is 17.2. The van der Waals surface area contributed by atoms with Crippen molar-refractivity contribution in [1.29, 1.82) is 0 Å². The predicted octanol–water partition coefficient (Wildman–Crippen LogP) is 2.20. The van der Waals surface area contributed by atoms with Gasteiger partial charge in [-0.25, -0.2) is 9.59 Å². The number of anilines is 1. The molecule has 2 rings (SSSR count). The lowest BCUT2D eigenvalue weighted by atomic mass is 10.0. The molecule has 1 atom stereocenters. The van der Waals surface area contributed by atoms with Crippen molar-refractivity contribution in [2.24, 2.45) is 5.92 Å². The second kappa shape index (κ2) is 7.81. The molecular weight excluding hydrogens is 310 g/mol. The quantitative estimate of drug-likeness (QED) is 0.613. The number of hydrogen-bond donors (Lipinski definition) is 4. The fourth-order valence-electron chi connectivity index (χ4n) is 2.25. The minimum absolute atomic E-state index is 0.144. The van der Waals surface area contributed by atoms with Crippen LogP contribution in [0.1, 0.15) is 43.5 Å². The maximum absolute atomic E-state index is 12.3. The van der Waals surface area contributed by atoms with Gasteiger partial charge in [-0.1, -0.05) is 19.9 Å². The van der Waals surface area contributed by atoms with Crippen molar-refractivity contribution in [2.75, 3.05) is 5.32 Å². The highest BCUT2D eigenvalue weighted by molar-refractivity contribution is 5.98. The zero-order valence-corrected chi connectivity index (χ0v) is 13.8. The van der Waals surface area contributed by atoms with Gasteiger partial charge in [-0.05, 0) is 43.4 Å². The standard InChI is InChI=1S/C17H23N3O4/c1-10(2)8-14(16(22)23)20-15(21)11-4-3-5-13(9-11)19-17(24)18-12-6-7-12/h3-5,9-10,12,14H,6-8H2,1-2H3,(H,20,21)(H,22,23)(H2,18,19,24). The first-order valence-corrected chi connectivity index (χ1v) is 8.06. The van der Waals surface area contributed by atoms with Gasteiger partial charge in [-0.15, -0.1) is 0 Å². The van der Waals surface area contributed by atoms with Crippen molar-refractivity contribution < 1.29 is 19.5 Å². The van der Waals surface area contributed by atoms with E-state index in [1.54, 1.807) is 18.2 Å². The molecule has 0 saturated heterocycles. The molecule has 0 bridgehead atoms. The molecule has 1 saturated carbocycles. The Labute approximate surface area is 140 Å². The van der Waals surface area contributed by atoms with Crippen LogP contribution in [-0.2, 0) is 4.79 Å². The van der Waals surface area contributed by atoms with Gasteiger partial charge in [-0.2, -0.15) is 0 Å². The number of carboxylic acids is 1. The highest BCUT2D eigenvalue weighted by atomic mass is 16.4. The highest BCUT2D eigenvalue weighted by Crippen LogP contribution is 2.19. The Morgan fingerprint density at radius 3 is 2.54 bits per heavy atom. The van der Waals surface area contributed by atoms with Crippen LogP contribution < -0.4 is 16.0 Å². The number of rotatable bonds is 7. The largest absolute Gasteiger partial charge is 0.480 e. The number of hydrogen-bond acceptors (Lipinski definition) is 3. The number of amides is 3. The van der Waals surface area contributed by atoms with Gasteiger partial charge in [0.05, 0.1) is 0 Å². The molecule has 24 heavy (non-hydrogen) atoms. The van der Waals surface area contributed by atoms with Crippen LogP contribution in [0.2, 0.25) is 0 Å². The van der Waals surface area contributed by atoms with Crippen LogP contribution in [0.4, 0.5) is 10.5 Å². The molecule has 1 aliphatic rings. The number of carbonyl (C=O) groups is 3. The molecular formula is C17H23N3O4. The summed E-state index contributed by atoms with van der Waals surface area (Å²) in [4.78, 5) is 35.2. The summed E-state index contributed by atoms with van der Waals surface area (Å²) in [5.41, 5.74) is 0.783. The Morgan fingerprint density at radius 1 is 1.25 bits per heavy atom. The van der Waals surface area contributed by atoms with Gasteiger partial charge in [0.25, 0.3) is 5.91 Å². The third kappa shape index (κ3) is 5.57. The van der Waals surface area contributed by atoms with Gasteiger partial charge in [0, 0.05) is 17.3 Å². The zero-order valence-electron chi connectivity index (χ0n) is 13.8. The summed E-state index contributed by atoms with van der Waals surface area (Å²) >= 11 is 0. The molecule has 0 aromatic heterocycles. The van der Waals surface area contributed by atoms with Gasteiger partial charge < -0.3 is 21.1 Å². The Kier molecular flexibility index (Phi) is 5.78. The highest BCUT2D eigenvalue weighted by Gasteiger charge is 2.24. The van der Waals surface area contributed by atoms with E-state index in [1.165, 1.54) is 6.07 Å². The number of benzene rings is 1. The molecule has 7 heteroatoms. The van der Waals surface area contributed by atoms with Crippen molar-refractivity contribution in [2.45, 2.75) is 45.2 Å². The number of aliphatic carboxylic acids is 1. The van der Waals surface area contributed by atoms with E-state index in [2.05, 4.69) is 16.0 Å². The first-order valence-electron chi connectivity index (χ1n) is 8.06. The summed E-state index contributed by atoms with van der Waals surface area (Å²) in [6.45, 7) is 3.79. The van der Waals surface area contributed by atoms with Crippen molar-refractivity contribution in [1.82, 2.24) is 10.6 Å². The number of nitrogens with one attached hydrogen (secondary N) is 3. The van der Waals surface area contributed by atoms with E-state index >= 15 is 0 Å². The Morgan fingerprint density at radius 2 is 1.96 bits per heavy atom. The molecule has 4 N–H and O–H groups in total. The second-order valence-corrected chi connectivity index (χ2v) is 6.45. The van der Waals surface area contributed by atoms with Crippen LogP contribution in [0.3, 0.4) is 0 Å². The van der Waals surface area contributed by atoms with Gasteiger partial charge in [0.15, 0.2) is 0 Å². The average Bonchev–Trinajstić information content (AvgIpc) is 3.29. The number of carboxylic acid groups (broad SMARTS) is 1. The molecule has 1 fully saturated rings. The molecule has 0 aliphatic heterocycles. The molecule has 7 nitrogen and oxygen atoms in total. The normalized spacial score (nSPS) is 14.8. The summed E-state index contributed by atoms with van der Waals surface area (Å²) < 4.78 is 0. The summed E-state index contributed by atoms with van der Waals surface area (Å²) in [5.74, 6) is -1.39. The van der Waals surface area contributed by atoms with E-state index in [0.29, 0.717) is 17.7 Å². The van der Waals surface area contributed by atoms with Crippen molar-refractivity contribution in [3.8, 4) is 0 Å². The Hall–Kier alpha value is -2.57. The average molecular weight is 333 g/mol. The van der Waals surface area contributed by atoms with Gasteiger partial charge in [0.1, 0.15) is 6.04 Å². The van der Waals surface area contributed by atoms with E-state index in [4.69, 9.17) is 0 Å². The Balaban J connectivity index is 1.99. The van der Waals surface area contributed by atoms with E-state index < -0.39 is 17.9 Å². The third-order valence-corrected chi connectivity index (χ3v) is 3.61. The lowest BCUT2D eigenvalue weighted by Crippen LogP contribution is -2.41. The number of carbonyl (C=O) groups excluding carboxylic acids is 2. The van der Waals surface area contributed by atoms with E-state index in [9.17, 15) is 19.5 Å². The SMILES string of the molecule is CC(C)CC(NC(=O)c1cccc(NC(=O)NC2CC2)c1)C(=O)O. The van der Waals surface area contributed by atoms with Gasteiger partial charge in [0.2, 0.25) is 0 Å². The van der Waals surface area contributed by atoms with E-state index in [-0.39, 0.29) is 18.0 Å². The summed E-state index contributed by atoms with van der Waals surface area (Å²) in [6.07, 6.45) is 2.33. The molecule has 1 aromatic rings. The molecule has 1 aliphatic carbocycles. The molecule has 0 spiro atoms. The smallest absolute Gasteiger partial charge is 0.326 e. The molecule has 0 radical (unpaired) electrons. The Bertz CT molecular complexity index is 626. The minimum atomic E-state index is -1.06. The summed E-state index contributed by atoms with van der Waals surface area (Å²) in [7, 11) is 0. The fraction of sp³-hybridized carbons (Fsp3) is 0.471. The maximum atomic E-state index is 12.3. The summed E-state index contributed by atoms with van der Waals surface area (Å²) in [6, 6.07) is 5.41. The first kappa shape index (κ1) is 17.8. The molecule has 1 aromatic carbocycles. The molecule has 0 heterocycles. The molecule has 130 valence electrons. The predicted molar refractivity (Wildman–Crippen MR) is 90.0 cm³/mol. The zero-order chi connectivity index (χ0) is 17.7. The van der Waals surface area contributed by atoms with Crippen LogP contribution >= 0.6 is 0 Å².